The molecule has 0 aliphatic rings. The molecule has 6 nitrogen and oxygen atoms in total. The molecule has 0 aliphatic heterocycles. The van der Waals surface area contributed by atoms with Crippen LogP contribution in [0.1, 0.15) is 32.3 Å². The summed E-state index contributed by atoms with van der Waals surface area (Å²) in [5.41, 5.74) is -0.0978. The highest BCUT2D eigenvalue weighted by Crippen LogP contribution is 2.21. The Bertz CT molecular complexity index is 553. The molecule has 1 aromatic carbocycles. The second-order valence-electron chi connectivity index (χ2n) is 6.36. The van der Waals surface area contributed by atoms with Gasteiger partial charge >= 0.3 is 12.1 Å². The van der Waals surface area contributed by atoms with Crippen molar-refractivity contribution in [2.45, 2.75) is 32.3 Å². The third kappa shape index (κ3) is 6.76. The molecule has 1 atom stereocenters. The van der Waals surface area contributed by atoms with E-state index in [-0.39, 0.29) is 19.7 Å². The van der Waals surface area contributed by atoms with Gasteiger partial charge in [0, 0.05) is 25.2 Å². The first-order valence-electron chi connectivity index (χ1n) is 7.59. The van der Waals surface area contributed by atoms with Crippen LogP contribution in [0.2, 0.25) is 5.02 Å². The molecule has 0 unspecified atom stereocenters. The van der Waals surface area contributed by atoms with Crippen molar-refractivity contribution in [1.29, 1.82) is 0 Å². The van der Waals surface area contributed by atoms with Crippen molar-refractivity contribution >= 4 is 23.7 Å². The van der Waals surface area contributed by atoms with E-state index in [0.717, 1.165) is 0 Å². The molecule has 134 valence electrons. The molecule has 0 aromatic heterocycles. The fraction of sp³-hybridized carbons (Fsp3) is 0.529. The van der Waals surface area contributed by atoms with Crippen LogP contribution in [0.4, 0.5) is 4.79 Å². The zero-order valence-corrected chi connectivity index (χ0v) is 15.2. The minimum absolute atomic E-state index is 0.0186. The van der Waals surface area contributed by atoms with Crippen molar-refractivity contribution in [2.24, 2.45) is 0 Å². The van der Waals surface area contributed by atoms with Crippen molar-refractivity contribution in [3.05, 3.63) is 34.9 Å². The number of nitrogens with zero attached hydrogens (tertiary/aromatic N) is 1. The second kappa shape index (κ2) is 8.89. The van der Waals surface area contributed by atoms with Crippen LogP contribution in [0.25, 0.3) is 0 Å². The molecule has 24 heavy (non-hydrogen) atoms. The molecule has 0 radical (unpaired) electrons. The van der Waals surface area contributed by atoms with Crippen LogP contribution in [0.15, 0.2) is 24.3 Å². The van der Waals surface area contributed by atoms with Gasteiger partial charge in [0.2, 0.25) is 0 Å². The molecule has 1 rings (SSSR count). The number of amides is 1. The van der Waals surface area contributed by atoms with Crippen molar-refractivity contribution in [3.8, 4) is 0 Å². The first-order valence-corrected chi connectivity index (χ1v) is 7.97. The van der Waals surface area contributed by atoms with E-state index in [1.807, 2.05) is 0 Å². The molecule has 0 spiro atoms. The summed E-state index contributed by atoms with van der Waals surface area (Å²) in [6.45, 7) is 5.78. The van der Waals surface area contributed by atoms with Crippen molar-refractivity contribution in [1.82, 2.24) is 4.90 Å². The summed E-state index contributed by atoms with van der Waals surface area (Å²) in [4.78, 5) is 25.4. The fourth-order valence-corrected chi connectivity index (χ4v) is 2.15. The van der Waals surface area contributed by atoms with Gasteiger partial charge in [-0.15, -0.1) is 0 Å². The molecule has 1 N–H and O–H groups in total. The molecule has 1 amide bonds. The number of aliphatic carboxylic acids is 1. The van der Waals surface area contributed by atoms with Gasteiger partial charge in [-0.2, -0.15) is 0 Å². The SMILES string of the molecule is COCCN(C[C@@H](C(=O)O)c1ccc(Cl)cc1)C(=O)OC(C)(C)C. The Morgan fingerprint density at radius 2 is 1.83 bits per heavy atom. The summed E-state index contributed by atoms with van der Waals surface area (Å²) >= 11 is 5.84. The predicted octanol–water partition coefficient (Wildman–Crippen LogP) is 3.39. The minimum Gasteiger partial charge on any atom is -0.481 e. The summed E-state index contributed by atoms with van der Waals surface area (Å²) in [6.07, 6.45) is -0.570. The van der Waals surface area contributed by atoms with Crippen LogP contribution in [-0.2, 0) is 14.3 Å². The zero-order chi connectivity index (χ0) is 18.3. The summed E-state index contributed by atoms with van der Waals surface area (Å²) in [6, 6.07) is 6.54. The molecular formula is C17H24ClNO5. The molecule has 0 aliphatic carbocycles. The minimum atomic E-state index is -1.02. The first-order chi connectivity index (χ1) is 11.1. The van der Waals surface area contributed by atoms with E-state index in [0.29, 0.717) is 10.6 Å². The number of carbonyl (C=O) groups excluding carboxylic acids is 1. The molecule has 0 saturated heterocycles. The van der Waals surface area contributed by atoms with Gasteiger partial charge < -0.3 is 19.5 Å². The van der Waals surface area contributed by atoms with Gasteiger partial charge in [-0.05, 0) is 38.5 Å². The van der Waals surface area contributed by atoms with Crippen LogP contribution in [-0.4, -0.2) is 54.5 Å². The Kier molecular flexibility index (Phi) is 7.51. The average molecular weight is 358 g/mol. The number of ether oxygens (including phenoxy) is 2. The number of carbonyl (C=O) groups is 2. The summed E-state index contributed by atoms with van der Waals surface area (Å²) in [5.74, 6) is -1.91. The number of hydrogen-bond acceptors (Lipinski definition) is 4. The second-order valence-corrected chi connectivity index (χ2v) is 6.80. The third-order valence-corrected chi connectivity index (χ3v) is 3.44. The highest BCUT2D eigenvalue weighted by atomic mass is 35.5. The van der Waals surface area contributed by atoms with Gasteiger partial charge in [0.25, 0.3) is 0 Å². The molecule has 0 fully saturated rings. The van der Waals surface area contributed by atoms with E-state index >= 15 is 0 Å². The molecule has 0 saturated carbocycles. The molecule has 7 heteroatoms. The van der Waals surface area contributed by atoms with Crippen LogP contribution >= 0.6 is 11.6 Å². The monoisotopic (exact) mass is 357 g/mol. The van der Waals surface area contributed by atoms with E-state index in [2.05, 4.69) is 0 Å². The first kappa shape index (κ1) is 20.3. The number of carboxylic acid groups (broad SMARTS) is 1. The summed E-state index contributed by atoms with van der Waals surface area (Å²) in [5, 5.41) is 10.1. The van der Waals surface area contributed by atoms with Crippen LogP contribution in [0.3, 0.4) is 0 Å². The van der Waals surface area contributed by atoms with E-state index in [9.17, 15) is 14.7 Å². The summed E-state index contributed by atoms with van der Waals surface area (Å²) in [7, 11) is 1.52. The van der Waals surface area contributed by atoms with Gasteiger partial charge in [0.05, 0.1) is 12.5 Å². The number of hydrogen-bond donors (Lipinski definition) is 1. The Labute approximate surface area is 147 Å². The number of halogens is 1. The molecular weight excluding hydrogens is 334 g/mol. The van der Waals surface area contributed by atoms with Crippen LogP contribution < -0.4 is 0 Å². The molecule has 1 aromatic rings. The van der Waals surface area contributed by atoms with Gasteiger partial charge in [-0.3, -0.25) is 4.79 Å². The van der Waals surface area contributed by atoms with Crippen LogP contribution in [0, 0.1) is 0 Å². The maximum atomic E-state index is 12.3. The topological polar surface area (TPSA) is 76.1 Å². The Morgan fingerprint density at radius 1 is 1.25 bits per heavy atom. The molecule has 0 bridgehead atoms. The molecule has 0 heterocycles. The number of benzene rings is 1. The quantitative estimate of drug-likeness (QED) is 0.809. The summed E-state index contributed by atoms with van der Waals surface area (Å²) < 4.78 is 10.4. The normalized spacial score (nSPS) is 12.5. The number of methoxy groups -OCH3 is 1. The lowest BCUT2D eigenvalue weighted by atomic mass is 9.99. The lowest BCUT2D eigenvalue weighted by molar-refractivity contribution is -0.139. The lowest BCUT2D eigenvalue weighted by Crippen LogP contribution is -2.42. The maximum absolute atomic E-state index is 12.3. The average Bonchev–Trinajstić information content (AvgIpc) is 2.46. The van der Waals surface area contributed by atoms with Crippen molar-refractivity contribution in [2.75, 3.05) is 26.8 Å². The van der Waals surface area contributed by atoms with Gasteiger partial charge in [0.15, 0.2) is 0 Å². The van der Waals surface area contributed by atoms with E-state index in [4.69, 9.17) is 21.1 Å². The number of rotatable bonds is 7. The van der Waals surface area contributed by atoms with Crippen molar-refractivity contribution < 1.29 is 24.2 Å². The predicted molar refractivity (Wildman–Crippen MR) is 91.5 cm³/mol. The highest BCUT2D eigenvalue weighted by Gasteiger charge is 2.28. The van der Waals surface area contributed by atoms with Crippen LogP contribution in [0.5, 0.6) is 0 Å². The standard InChI is InChI=1S/C17H24ClNO5/c1-17(2,3)24-16(22)19(9-10-23-4)11-14(15(20)21)12-5-7-13(18)8-6-12/h5-8,14H,9-11H2,1-4H3,(H,20,21)/t14-/m1/s1. The van der Waals surface area contributed by atoms with Gasteiger partial charge in [-0.25, -0.2) is 4.79 Å². The highest BCUT2D eigenvalue weighted by molar-refractivity contribution is 6.30. The Balaban J connectivity index is 2.96. The van der Waals surface area contributed by atoms with E-state index in [1.165, 1.54) is 12.0 Å². The third-order valence-electron chi connectivity index (χ3n) is 3.19. The zero-order valence-electron chi connectivity index (χ0n) is 14.4. The number of carboxylic acids is 1. The lowest BCUT2D eigenvalue weighted by Gasteiger charge is -2.29. The largest absolute Gasteiger partial charge is 0.481 e. The Hall–Kier alpha value is -1.79. The van der Waals surface area contributed by atoms with E-state index in [1.54, 1.807) is 45.0 Å². The van der Waals surface area contributed by atoms with Gasteiger partial charge in [0.1, 0.15) is 5.60 Å². The van der Waals surface area contributed by atoms with E-state index < -0.39 is 23.6 Å². The maximum Gasteiger partial charge on any atom is 0.410 e. The Morgan fingerprint density at radius 3 is 2.29 bits per heavy atom. The fourth-order valence-electron chi connectivity index (χ4n) is 2.03. The van der Waals surface area contributed by atoms with Gasteiger partial charge in [-0.1, -0.05) is 23.7 Å². The smallest absolute Gasteiger partial charge is 0.410 e. The van der Waals surface area contributed by atoms with Crippen molar-refractivity contribution in [3.63, 3.8) is 0 Å².